The van der Waals surface area contributed by atoms with E-state index >= 15 is 0 Å². The summed E-state index contributed by atoms with van der Waals surface area (Å²) in [5, 5.41) is 0. The van der Waals surface area contributed by atoms with Gasteiger partial charge in [0.15, 0.2) is 0 Å². The van der Waals surface area contributed by atoms with E-state index in [1.165, 1.54) is 6.42 Å². The first-order valence-corrected chi connectivity index (χ1v) is 4.84. The van der Waals surface area contributed by atoms with Gasteiger partial charge in [-0.05, 0) is 18.8 Å². The van der Waals surface area contributed by atoms with Gasteiger partial charge in [-0.25, -0.2) is 0 Å². The average Bonchev–Trinajstić information content (AvgIpc) is 1.95. The van der Waals surface area contributed by atoms with Crippen molar-refractivity contribution >= 4 is 21.7 Å². The summed E-state index contributed by atoms with van der Waals surface area (Å²) in [4.78, 5) is 11.3. The molecule has 2 unspecified atom stereocenters. The molecule has 58 valence electrons. The van der Waals surface area contributed by atoms with E-state index in [9.17, 15) is 4.79 Å². The summed E-state index contributed by atoms with van der Waals surface area (Å²) in [6, 6.07) is 0. The first kappa shape index (κ1) is 8.25. The van der Waals surface area contributed by atoms with Crippen LogP contribution in [0.1, 0.15) is 32.6 Å². The Kier molecular flexibility index (Phi) is 2.90. The lowest BCUT2D eigenvalue weighted by Crippen LogP contribution is -2.27. The number of hydrogen-bond donors (Lipinski definition) is 0. The predicted octanol–water partition coefficient (Wildman–Crippen LogP) is 2.53. The number of carbonyl (C=O) groups is 1. The lowest BCUT2D eigenvalue weighted by atomic mass is 9.86. The maximum atomic E-state index is 11.1. The Hall–Kier alpha value is 0.150. The molecule has 1 saturated carbocycles. The normalized spacial score (nSPS) is 34.4. The minimum atomic E-state index is 0.159. The van der Waals surface area contributed by atoms with E-state index in [0.717, 1.165) is 19.3 Å². The van der Waals surface area contributed by atoms with E-state index in [-0.39, 0.29) is 4.83 Å². The van der Waals surface area contributed by atoms with Crippen molar-refractivity contribution < 1.29 is 4.79 Å². The second-order valence-electron chi connectivity index (χ2n) is 2.93. The van der Waals surface area contributed by atoms with Crippen LogP contribution in [0.4, 0.5) is 0 Å². The second-order valence-corrected chi connectivity index (χ2v) is 3.92. The maximum Gasteiger partial charge on any atom is 0.146 e. The molecule has 0 bridgehead atoms. The molecule has 1 aliphatic rings. The Bertz CT molecular complexity index is 133. The van der Waals surface area contributed by atoms with Crippen molar-refractivity contribution in [2.24, 2.45) is 5.92 Å². The van der Waals surface area contributed by atoms with Crippen LogP contribution < -0.4 is 0 Å². The molecule has 0 N–H and O–H groups in total. The third-order valence-corrected chi connectivity index (χ3v) is 3.50. The molecule has 1 fully saturated rings. The lowest BCUT2D eigenvalue weighted by Gasteiger charge is -2.24. The average molecular weight is 205 g/mol. The van der Waals surface area contributed by atoms with Gasteiger partial charge in [0.05, 0.1) is 4.83 Å². The third kappa shape index (κ3) is 1.60. The minimum absolute atomic E-state index is 0.159. The number of Topliss-reactive ketones (excluding diaryl/α,β-unsaturated/α-hetero) is 1. The zero-order valence-electron chi connectivity index (χ0n) is 6.27. The van der Waals surface area contributed by atoms with Gasteiger partial charge in [0.25, 0.3) is 0 Å². The van der Waals surface area contributed by atoms with E-state index in [2.05, 4.69) is 22.9 Å². The Morgan fingerprint density at radius 2 is 2.40 bits per heavy atom. The molecule has 1 rings (SSSR count). The molecule has 0 aromatic carbocycles. The quantitative estimate of drug-likeness (QED) is 0.601. The molecule has 1 aliphatic carbocycles. The SMILES string of the molecule is CCC1CCCC(=O)C1Br. The summed E-state index contributed by atoms with van der Waals surface area (Å²) in [6.45, 7) is 2.15. The first-order chi connectivity index (χ1) is 4.75. The highest BCUT2D eigenvalue weighted by Gasteiger charge is 2.27. The number of rotatable bonds is 1. The van der Waals surface area contributed by atoms with Gasteiger partial charge in [-0.1, -0.05) is 29.3 Å². The molecular formula is C8H13BrO. The summed E-state index contributed by atoms with van der Waals surface area (Å²) in [7, 11) is 0. The molecular weight excluding hydrogens is 192 g/mol. The maximum absolute atomic E-state index is 11.1. The first-order valence-electron chi connectivity index (χ1n) is 3.92. The molecule has 2 heteroatoms. The van der Waals surface area contributed by atoms with Crippen LogP contribution in [-0.4, -0.2) is 10.6 Å². The van der Waals surface area contributed by atoms with Gasteiger partial charge in [0.1, 0.15) is 5.78 Å². The van der Waals surface area contributed by atoms with Crippen molar-refractivity contribution in [2.75, 3.05) is 0 Å². The highest BCUT2D eigenvalue weighted by atomic mass is 79.9. The summed E-state index contributed by atoms with van der Waals surface area (Å²) in [5.74, 6) is 0.999. The van der Waals surface area contributed by atoms with E-state index < -0.39 is 0 Å². The van der Waals surface area contributed by atoms with Crippen molar-refractivity contribution in [3.05, 3.63) is 0 Å². The minimum Gasteiger partial charge on any atom is -0.298 e. The second kappa shape index (κ2) is 3.51. The summed E-state index contributed by atoms with van der Waals surface area (Å²) >= 11 is 3.43. The van der Waals surface area contributed by atoms with Gasteiger partial charge in [-0.3, -0.25) is 4.79 Å². The fraction of sp³-hybridized carbons (Fsp3) is 0.875. The molecule has 1 nitrogen and oxygen atoms in total. The van der Waals surface area contributed by atoms with Crippen LogP contribution in [0.2, 0.25) is 0 Å². The van der Waals surface area contributed by atoms with Crippen molar-refractivity contribution in [2.45, 2.75) is 37.4 Å². The number of alkyl halides is 1. The van der Waals surface area contributed by atoms with Crippen LogP contribution in [0.25, 0.3) is 0 Å². The van der Waals surface area contributed by atoms with Crippen molar-refractivity contribution in [3.8, 4) is 0 Å². The van der Waals surface area contributed by atoms with Gasteiger partial charge in [0.2, 0.25) is 0 Å². The highest BCUT2D eigenvalue weighted by Crippen LogP contribution is 2.29. The van der Waals surface area contributed by atoms with Gasteiger partial charge in [-0.2, -0.15) is 0 Å². The van der Waals surface area contributed by atoms with Crippen molar-refractivity contribution in [1.82, 2.24) is 0 Å². The summed E-state index contributed by atoms with van der Waals surface area (Å²) < 4.78 is 0. The summed E-state index contributed by atoms with van der Waals surface area (Å²) in [6.07, 6.45) is 4.23. The standard InChI is InChI=1S/C8H13BrO/c1-2-6-4-3-5-7(10)8(6)9/h6,8H,2-5H2,1H3. The van der Waals surface area contributed by atoms with Crippen LogP contribution >= 0.6 is 15.9 Å². The molecule has 0 aliphatic heterocycles. The third-order valence-electron chi connectivity index (χ3n) is 2.24. The number of carbonyl (C=O) groups excluding carboxylic acids is 1. The fourth-order valence-electron chi connectivity index (χ4n) is 1.50. The van der Waals surface area contributed by atoms with Gasteiger partial charge >= 0.3 is 0 Å². The topological polar surface area (TPSA) is 17.1 Å². The number of halogens is 1. The van der Waals surface area contributed by atoms with Crippen LogP contribution in [0.5, 0.6) is 0 Å². The zero-order valence-corrected chi connectivity index (χ0v) is 7.86. The van der Waals surface area contributed by atoms with Crippen LogP contribution in [-0.2, 0) is 4.79 Å². The summed E-state index contributed by atoms with van der Waals surface area (Å²) in [5.41, 5.74) is 0. The molecule has 10 heavy (non-hydrogen) atoms. The molecule has 0 saturated heterocycles. The van der Waals surface area contributed by atoms with Crippen molar-refractivity contribution in [3.63, 3.8) is 0 Å². The monoisotopic (exact) mass is 204 g/mol. The molecule has 0 amide bonds. The van der Waals surface area contributed by atoms with Crippen LogP contribution in [0.15, 0.2) is 0 Å². The number of hydrogen-bond acceptors (Lipinski definition) is 1. The molecule has 0 heterocycles. The van der Waals surface area contributed by atoms with Gasteiger partial charge < -0.3 is 0 Å². The van der Waals surface area contributed by atoms with E-state index in [1.807, 2.05) is 0 Å². The Morgan fingerprint density at radius 3 is 2.90 bits per heavy atom. The van der Waals surface area contributed by atoms with Gasteiger partial charge in [0, 0.05) is 6.42 Å². The van der Waals surface area contributed by atoms with Gasteiger partial charge in [-0.15, -0.1) is 0 Å². The number of ketones is 1. The molecule has 0 aromatic rings. The molecule has 0 aromatic heterocycles. The fourth-order valence-corrected chi connectivity index (χ4v) is 2.36. The van der Waals surface area contributed by atoms with Crippen LogP contribution in [0.3, 0.4) is 0 Å². The molecule has 2 atom stereocenters. The lowest BCUT2D eigenvalue weighted by molar-refractivity contribution is -0.120. The van der Waals surface area contributed by atoms with Crippen LogP contribution in [0, 0.1) is 5.92 Å². The van der Waals surface area contributed by atoms with E-state index in [0.29, 0.717) is 11.7 Å². The Balaban J connectivity index is 2.51. The largest absolute Gasteiger partial charge is 0.298 e. The Morgan fingerprint density at radius 1 is 1.70 bits per heavy atom. The molecule has 0 radical (unpaired) electrons. The Labute approximate surface area is 70.3 Å². The van der Waals surface area contributed by atoms with E-state index in [4.69, 9.17) is 0 Å². The molecule has 0 spiro atoms. The zero-order chi connectivity index (χ0) is 7.56. The predicted molar refractivity (Wildman–Crippen MR) is 45.4 cm³/mol. The van der Waals surface area contributed by atoms with Crippen molar-refractivity contribution in [1.29, 1.82) is 0 Å². The van der Waals surface area contributed by atoms with E-state index in [1.54, 1.807) is 0 Å². The highest BCUT2D eigenvalue weighted by molar-refractivity contribution is 9.10. The smallest absolute Gasteiger partial charge is 0.146 e.